The first kappa shape index (κ1) is 15.7. The lowest BCUT2D eigenvalue weighted by molar-refractivity contribution is 0.631. The third-order valence-electron chi connectivity index (χ3n) is 3.79. The van der Waals surface area contributed by atoms with Gasteiger partial charge in [0.2, 0.25) is 0 Å². The molecule has 0 atom stereocenters. The Kier molecular flexibility index (Phi) is 5.51. The highest BCUT2D eigenvalue weighted by Crippen LogP contribution is 2.14. The summed E-state index contributed by atoms with van der Waals surface area (Å²) in [5, 5.41) is 8.03. The van der Waals surface area contributed by atoms with Gasteiger partial charge in [0.25, 0.3) is 0 Å². The zero-order valence-corrected chi connectivity index (χ0v) is 13.6. The number of nitrogens with zero attached hydrogens (tertiary/aromatic N) is 3. The van der Waals surface area contributed by atoms with Crippen molar-refractivity contribution >= 4 is 0 Å². The van der Waals surface area contributed by atoms with E-state index in [1.54, 1.807) is 0 Å². The topological polar surface area (TPSA) is 42.7 Å². The van der Waals surface area contributed by atoms with Crippen molar-refractivity contribution in [3.63, 3.8) is 0 Å². The molecule has 0 bridgehead atoms. The molecule has 0 aliphatic heterocycles. The Morgan fingerprint density at radius 2 is 1.90 bits per heavy atom. The Balaban J connectivity index is 2.11. The number of aryl methyl sites for hydroxylation is 1. The molecule has 0 amide bonds. The molecule has 0 aliphatic rings. The van der Waals surface area contributed by atoms with Crippen LogP contribution in [0.4, 0.5) is 0 Å². The van der Waals surface area contributed by atoms with Crippen molar-refractivity contribution in [2.45, 2.75) is 53.6 Å². The second kappa shape index (κ2) is 7.36. The van der Waals surface area contributed by atoms with E-state index in [2.05, 4.69) is 61.0 Å². The minimum Gasteiger partial charge on any atom is -0.311 e. The van der Waals surface area contributed by atoms with Crippen molar-refractivity contribution < 1.29 is 0 Å². The minimum absolute atomic E-state index is 0.744. The number of nitrogens with one attached hydrogen (secondary N) is 1. The molecule has 4 nitrogen and oxygen atoms in total. The van der Waals surface area contributed by atoms with Crippen LogP contribution >= 0.6 is 0 Å². The van der Waals surface area contributed by atoms with Crippen molar-refractivity contribution in [2.75, 3.05) is 6.54 Å². The SMILES string of the molecule is CCCNCc1cccc(Cn2nc(C)c(CC)c2C)n1. The highest BCUT2D eigenvalue weighted by atomic mass is 15.3. The predicted molar refractivity (Wildman–Crippen MR) is 86.4 cm³/mol. The Bertz CT molecular complexity index is 586. The van der Waals surface area contributed by atoms with Gasteiger partial charge in [-0.05, 0) is 50.9 Å². The third kappa shape index (κ3) is 3.91. The number of rotatable bonds is 7. The van der Waals surface area contributed by atoms with E-state index in [1.165, 1.54) is 11.3 Å². The fourth-order valence-electron chi connectivity index (χ4n) is 2.66. The van der Waals surface area contributed by atoms with E-state index >= 15 is 0 Å². The molecule has 0 unspecified atom stereocenters. The van der Waals surface area contributed by atoms with Crippen LogP contribution in [0.15, 0.2) is 18.2 Å². The van der Waals surface area contributed by atoms with Crippen LogP contribution in [0.5, 0.6) is 0 Å². The van der Waals surface area contributed by atoms with Crippen molar-refractivity contribution in [3.05, 3.63) is 46.5 Å². The zero-order valence-electron chi connectivity index (χ0n) is 13.6. The van der Waals surface area contributed by atoms with E-state index in [-0.39, 0.29) is 0 Å². The van der Waals surface area contributed by atoms with Gasteiger partial charge in [0.15, 0.2) is 0 Å². The molecule has 4 heteroatoms. The van der Waals surface area contributed by atoms with Crippen LogP contribution < -0.4 is 5.32 Å². The predicted octanol–water partition coefficient (Wildman–Crippen LogP) is 3.01. The van der Waals surface area contributed by atoms with Crippen LogP contribution in [0, 0.1) is 13.8 Å². The Labute approximate surface area is 127 Å². The summed E-state index contributed by atoms with van der Waals surface area (Å²) in [5.74, 6) is 0. The largest absolute Gasteiger partial charge is 0.311 e. The molecule has 114 valence electrons. The van der Waals surface area contributed by atoms with Crippen LogP contribution in [0.3, 0.4) is 0 Å². The highest BCUT2D eigenvalue weighted by molar-refractivity contribution is 5.25. The molecule has 0 saturated heterocycles. The lowest BCUT2D eigenvalue weighted by Gasteiger charge is -2.07. The fourth-order valence-corrected chi connectivity index (χ4v) is 2.66. The van der Waals surface area contributed by atoms with Gasteiger partial charge in [-0.3, -0.25) is 9.67 Å². The zero-order chi connectivity index (χ0) is 15.2. The van der Waals surface area contributed by atoms with Gasteiger partial charge in [0.1, 0.15) is 0 Å². The first-order chi connectivity index (χ1) is 10.2. The summed E-state index contributed by atoms with van der Waals surface area (Å²) < 4.78 is 2.07. The standard InChI is InChI=1S/C17H26N4/c1-5-10-18-11-15-8-7-9-16(19-15)12-21-14(4)17(6-2)13(3)20-21/h7-9,18H,5-6,10-12H2,1-4H3. The summed E-state index contributed by atoms with van der Waals surface area (Å²) in [6.07, 6.45) is 2.18. The maximum atomic E-state index is 4.72. The second-order valence-electron chi connectivity index (χ2n) is 5.46. The lowest BCUT2D eigenvalue weighted by atomic mass is 10.1. The van der Waals surface area contributed by atoms with Gasteiger partial charge in [0, 0.05) is 12.2 Å². The molecule has 0 fully saturated rings. The second-order valence-corrected chi connectivity index (χ2v) is 5.46. The lowest BCUT2D eigenvalue weighted by Crippen LogP contribution is -2.15. The van der Waals surface area contributed by atoms with Crippen molar-refractivity contribution in [1.82, 2.24) is 20.1 Å². The molecular formula is C17H26N4. The van der Waals surface area contributed by atoms with Gasteiger partial charge < -0.3 is 5.32 Å². The molecule has 21 heavy (non-hydrogen) atoms. The van der Waals surface area contributed by atoms with Crippen molar-refractivity contribution in [1.29, 1.82) is 0 Å². The Hall–Kier alpha value is -1.68. The first-order valence-corrected chi connectivity index (χ1v) is 7.84. The van der Waals surface area contributed by atoms with E-state index in [4.69, 9.17) is 4.98 Å². The van der Waals surface area contributed by atoms with Gasteiger partial charge >= 0.3 is 0 Å². The molecule has 2 aromatic heterocycles. The number of hydrogen-bond acceptors (Lipinski definition) is 3. The Morgan fingerprint density at radius 3 is 2.57 bits per heavy atom. The highest BCUT2D eigenvalue weighted by Gasteiger charge is 2.10. The van der Waals surface area contributed by atoms with Crippen molar-refractivity contribution in [2.24, 2.45) is 0 Å². The molecule has 0 aliphatic carbocycles. The van der Waals surface area contributed by atoms with Gasteiger partial charge in [-0.2, -0.15) is 5.10 Å². The summed E-state index contributed by atoms with van der Waals surface area (Å²) in [7, 11) is 0. The van der Waals surface area contributed by atoms with E-state index < -0.39 is 0 Å². The number of aromatic nitrogens is 3. The summed E-state index contributed by atoms with van der Waals surface area (Å²) in [6, 6.07) is 6.23. The maximum absolute atomic E-state index is 4.72. The molecule has 2 aromatic rings. The first-order valence-electron chi connectivity index (χ1n) is 7.84. The smallest absolute Gasteiger partial charge is 0.0834 e. The summed E-state index contributed by atoms with van der Waals surface area (Å²) in [5.41, 5.74) is 5.91. The Morgan fingerprint density at radius 1 is 1.14 bits per heavy atom. The monoisotopic (exact) mass is 286 g/mol. The fraction of sp³-hybridized carbons (Fsp3) is 0.529. The average molecular weight is 286 g/mol. The van der Waals surface area contributed by atoms with E-state index in [0.717, 1.165) is 49.6 Å². The maximum Gasteiger partial charge on any atom is 0.0834 e. The molecule has 0 radical (unpaired) electrons. The van der Waals surface area contributed by atoms with Gasteiger partial charge in [-0.25, -0.2) is 0 Å². The van der Waals surface area contributed by atoms with E-state index in [1.807, 2.05) is 0 Å². The van der Waals surface area contributed by atoms with E-state index in [9.17, 15) is 0 Å². The van der Waals surface area contributed by atoms with E-state index in [0.29, 0.717) is 0 Å². The average Bonchev–Trinajstić information content (AvgIpc) is 2.74. The van der Waals surface area contributed by atoms with Gasteiger partial charge in [0.05, 0.1) is 23.6 Å². The van der Waals surface area contributed by atoms with Crippen LogP contribution in [0.2, 0.25) is 0 Å². The summed E-state index contributed by atoms with van der Waals surface area (Å²) in [6.45, 7) is 11.2. The number of pyridine rings is 1. The van der Waals surface area contributed by atoms with Crippen LogP contribution in [0.25, 0.3) is 0 Å². The van der Waals surface area contributed by atoms with Gasteiger partial charge in [-0.1, -0.05) is 19.9 Å². The molecule has 2 heterocycles. The molecule has 0 saturated carbocycles. The molecule has 0 aromatic carbocycles. The minimum atomic E-state index is 0.744. The molecule has 2 rings (SSSR count). The van der Waals surface area contributed by atoms with Crippen LogP contribution in [0.1, 0.15) is 48.6 Å². The summed E-state index contributed by atoms with van der Waals surface area (Å²) >= 11 is 0. The molecule has 1 N–H and O–H groups in total. The molecule has 0 spiro atoms. The third-order valence-corrected chi connectivity index (χ3v) is 3.79. The quantitative estimate of drug-likeness (QED) is 0.796. The van der Waals surface area contributed by atoms with Crippen molar-refractivity contribution in [3.8, 4) is 0 Å². The number of hydrogen-bond donors (Lipinski definition) is 1. The van der Waals surface area contributed by atoms with Crippen LogP contribution in [-0.4, -0.2) is 21.3 Å². The van der Waals surface area contributed by atoms with Gasteiger partial charge in [-0.15, -0.1) is 0 Å². The summed E-state index contributed by atoms with van der Waals surface area (Å²) in [4.78, 5) is 4.72. The molecular weight excluding hydrogens is 260 g/mol. The van der Waals surface area contributed by atoms with Crippen LogP contribution in [-0.2, 0) is 19.5 Å². The normalized spacial score (nSPS) is 11.0.